The first-order valence-electron chi connectivity index (χ1n) is 7.07. The van der Waals surface area contributed by atoms with Crippen LogP contribution >= 0.6 is 0 Å². The Morgan fingerprint density at radius 3 is 2.76 bits per heavy atom. The summed E-state index contributed by atoms with van der Waals surface area (Å²) in [7, 11) is 2.07. The molecule has 1 heterocycles. The van der Waals surface area contributed by atoms with E-state index in [1.807, 2.05) is 0 Å². The van der Waals surface area contributed by atoms with E-state index in [1.165, 1.54) is 25.7 Å². The van der Waals surface area contributed by atoms with Crippen molar-refractivity contribution in [2.24, 2.45) is 17.8 Å². The minimum absolute atomic E-state index is 0.436. The number of rotatable bonds is 4. The molecule has 94 valence electrons. The van der Waals surface area contributed by atoms with E-state index in [9.17, 15) is 0 Å². The zero-order chi connectivity index (χ0) is 11.8. The minimum Gasteiger partial charge on any atom is -0.464 e. The highest BCUT2D eigenvalue weighted by Gasteiger charge is 2.43. The van der Waals surface area contributed by atoms with Crippen molar-refractivity contribution in [3.8, 4) is 0 Å². The van der Waals surface area contributed by atoms with E-state index in [-0.39, 0.29) is 0 Å². The molecule has 2 fully saturated rings. The van der Waals surface area contributed by atoms with Gasteiger partial charge < -0.3 is 9.73 Å². The molecule has 1 aromatic heterocycles. The maximum absolute atomic E-state index is 5.94. The molecular weight excluding hydrogens is 210 g/mol. The summed E-state index contributed by atoms with van der Waals surface area (Å²) >= 11 is 0. The molecule has 2 nitrogen and oxygen atoms in total. The Labute approximate surface area is 104 Å². The lowest BCUT2D eigenvalue weighted by Gasteiger charge is -2.28. The van der Waals surface area contributed by atoms with Crippen molar-refractivity contribution in [3.05, 3.63) is 23.7 Å². The van der Waals surface area contributed by atoms with Crippen LogP contribution in [0.3, 0.4) is 0 Å². The van der Waals surface area contributed by atoms with Gasteiger partial charge in [-0.05, 0) is 56.2 Å². The Kier molecular flexibility index (Phi) is 2.99. The Bertz CT molecular complexity index is 384. The largest absolute Gasteiger partial charge is 0.464 e. The summed E-state index contributed by atoms with van der Waals surface area (Å²) in [6.07, 6.45) is 6.76. The summed E-state index contributed by atoms with van der Waals surface area (Å²) < 4.78 is 5.94. The van der Waals surface area contributed by atoms with Crippen LogP contribution in [0.4, 0.5) is 0 Å². The Morgan fingerprint density at radius 2 is 2.24 bits per heavy atom. The van der Waals surface area contributed by atoms with Crippen molar-refractivity contribution < 1.29 is 4.42 Å². The van der Waals surface area contributed by atoms with E-state index in [1.54, 1.807) is 0 Å². The van der Waals surface area contributed by atoms with E-state index >= 15 is 0 Å². The summed E-state index contributed by atoms with van der Waals surface area (Å²) in [5, 5.41) is 3.49. The van der Waals surface area contributed by atoms with Crippen LogP contribution in [0.15, 0.2) is 16.5 Å². The van der Waals surface area contributed by atoms with Crippen molar-refractivity contribution in [2.45, 2.75) is 45.1 Å². The molecule has 2 aliphatic carbocycles. The number of aryl methyl sites for hydroxylation is 1. The molecule has 2 saturated carbocycles. The number of fused-ring (bicyclic) bond motifs is 2. The fraction of sp³-hybridized carbons (Fsp3) is 0.733. The van der Waals surface area contributed by atoms with Crippen LogP contribution < -0.4 is 5.32 Å². The summed E-state index contributed by atoms with van der Waals surface area (Å²) in [6, 6.07) is 4.74. The molecule has 2 heteroatoms. The maximum atomic E-state index is 5.94. The van der Waals surface area contributed by atoms with Crippen molar-refractivity contribution in [2.75, 3.05) is 7.05 Å². The lowest BCUT2D eigenvalue weighted by molar-refractivity contribution is 0.232. The first-order chi connectivity index (χ1) is 8.31. The average molecular weight is 233 g/mol. The average Bonchev–Trinajstić information content (AvgIpc) is 3.05. The third-order valence-electron chi connectivity index (χ3n) is 4.87. The van der Waals surface area contributed by atoms with E-state index in [0.717, 1.165) is 35.7 Å². The summed E-state index contributed by atoms with van der Waals surface area (Å²) in [5.74, 6) is 5.01. The molecule has 0 aliphatic heterocycles. The SMILES string of the molecule is CCc1ccc(C(NC)C2CC3CCC2C3)o1. The van der Waals surface area contributed by atoms with Crippen molar-refractivity contribution in [1.82, 2.24) is 5.32 Å². The second-order valence-electron chi connectivity index (χ2n) is 5.76. The smallest absolute Gasteiger partial charge is 0.121 e. The normalized spacial score (nSPS) is 33.2. The predicted octanol–water partition coefficient (Wildman–Crippen LogP) is 3.54. The predicted molar refractivity (Wildman–Crippen MR) is 68.8 cm³/mol. The molecule has 3 rings (SSSR count). The van der Waals surface area contributed by atoms with Gasteiger partial charge in [-0.15, -0.1) is 0 Å². The van der Waals surface area contributed by atoms with Crippen LogP contribution in [0.5, 0.6) is 0 Å². The number of furan rings is 1. The number of nitrogens with one attached hydrogen (secondary N) is 1. The molecule has 1 N–H and O–H groups in total. The molecule has 0 amide bonds. The molecule has 2 bridgehead atoms. The van der Waals surface area contributed by atoms with Crippen LogP contribution in [0.1, 0.15) is 50.2 Å². The summed E-state index contributed by atoms with van der Waals surface area (Å²) in [4.78, 5) is 0. The van der Waals surface area contributed by atoms with Crippen molar-refractivity contribution >= 4 is 0 Å². The molecule has 0 saturated heterocycles. The van der Waals surface area contributed by atoms with Crippen LogP contribution in [-0.2, 0) is 6.42 Å². The highest BCUT2D eigenvalue weighted by atomic mass is 16.3. The molecule has 4 unspecified atom stereocenters. The molecule has 0 spiro atoms. The quantitative estimate of drug-likeness (QED) is 0.860. The minimum atomic E-state index is 0.436. The van der Waals surface area contributed by atoms with Gasteiger partial charge in [0.05, 0.1) is 6.04 Å². The lowest BCUT2D eigenvalue weighted by atomic mass is 9.82. The van der Waals surface area contributed by atoms with Crippen LogP contribution in [0, 0.1) is 17.8 Å². The Hall–Kier alpha value is -0.760. The lowest BCUT2D eigenvalue weighted by Crippen LogP contribution is -2.28. The van der Waals surface area contributed by atoms with Crippen LogP contribution in [0.25, 0.3) is 0 Å². The second kappa shape index (κ2) is 4.49. The van der Waals surface area contributed by atoms with E-state index in [2.05, 4.69) is 31.4 Å². The number of hydrogen-bond acceptors (Lipinski definition) is 2. The fourth-order valence-electron chi connectivity index (χ4n) is 4.02. The molecular formula is C15H23NO. The van der Waals surface area contributed by atoms with Gasteiger partial charge in [-0.25, -0.2) is 0 Å². The van der Waals surface area contributed by atoms with Crippen LogP contribution in [0.2, 0.25) is 0 Å². The van der Waals surface area contributed by atoms with Gasteiger partial charge in [-0.2, -0.15) is 0 Å². The molecule has 4 atom stereocenters. The van der Waals surface area contributed by atoms with Crippen molar-refractivity contribution in [1.29, 1.82) is 0 Å². The van der Waals surface area contributed by atoms with E-state index in [4.69, 9.17) is 4.42 Å². The van der Waals surface area contributed by atoms with Gasteiger partial charge in [0.1, 0.15) is 11.5 Å². The van der Waals surface area contributed by atoms with Gasteiger partial charge in [-0.3, -0.25) is 0 Å². The zero-order valence-corrected chi connectivity index (χ0v) is 10.9. The van der Waals surface area contributed by atoms with Gasteiger partial charge in [-0.1, -0.05) is 13.3 Å². The van der Waals surface area contributed by atoms with E-state index < -0.39 is 0 Å². The molecule has 0 aromatic carbocycles. The van der Waals surface area contributed by atoms with Gasteiger partial charge >= 0.3 is 0 Å². The molecule has 0 radical (unpaired) electrons. The fourth-order valence-corrected chi connectivity index (χ4v) is 4.02. The third-order valence-corrected chi connectivity index (χ3v) is 4.87. The first-order valence-corrected chi connectivity index (χ1v) is 7.07. The Balaban J connectivity index is 1.79. The molecule has 1 aromatic rings. The summed E-state index contributed by atoms with van der Waals surface area (Å²) in [5.41, 5.74) is 0. The third kappa shape index (κ3) is 1.93. The van der Waals surface area contributed by atoms with Crippen molar-refractivity contribution in [3.63, 3.8) is 0 Å². The van der Waals surface area contributed by atoms with E-state index in [0.29, 0.717) is 6.04 Å². The number of hydrogen-bond donors (Lipinski definition) is 1. The first kappa shape index (κ1) is 11.3. The monoisotopic (exact) mass is 233 g/mol. The van der Waals surface area contributed by atoms with Gasteiger partial charge in [0, 0.05) is 6.42 Å². The highest BCUT2D eigenvalue weighted by Crippen LogP contribution is 2.52. The van der Waals surface area contributed by atoms with Gasteiger partial charge in [0.25, 0.3) is 0 Å². The second-order valence-corrected chi connectivity index (χ2v) is 5.76. The topological polar surface area (TPSA) is 25.2 Å². The summed E-state index contributed by atoms with van der Waals surface area (Å²) in [6.45, 7) is 2.15. The highest BCUT2D eigenvalue weighted by molar-refractivity contribution is 5.13. The van der Waals surface area contributed by atoms with Gasteiger partial charge in [0.2, 0.25) is 0 Å². The standard InChI is InChI=1S/C15H23NO/c1-3-12-6-7-14(17-12)15(16-2)13-9-10-4-5-11(13)8-10/h6-7,10-11,13,15-16H,3-5,8-9H2,1-2H3. The maximum Gasteiger partial charge on any atom is 0.121 e. The molecule has 17 heavy (non-hydrogen) atoms. The van der Waals surface area contributed by atoms with Crippen LogP contribution in [-0.4, -0.2) is 7.05 Å². The van der Waals surface area contributed by atoms with Gasteiger partial charge in [0.15, 0.2) is 0 Å². The Morgan fingerprint density at radius 1 is 1.35 bits per heavy atom. The molecule has 2 aliphatic rings. The zero-order valence-electron chi connectivity index (χ0n) is 10.9.